The van der Waals surface area contributed by atoms with E-state index in [4.69, 9.17) is 9.15 Å². The van der Waals surface area contributed by atoms with E-state index in [1.54, 1.807) is 37.3 Å². The van der Waals surface area contributed by atoms with Crippen LogP contribution in [0.1, 0.15) is 38.9 Å². The Kier molecular flexibility index (Phi) is 5.58. The molecule has 0 unspecified atom stereocenters. The lowest BCUT2D eigenvalue weighted by Gasteiger charge is -2.18. The Hall–Kier alpha value is -3.86. The fourth-order valence-corrected chi connectivity index (χ4v) is 3.50. The van der Waals surface area contributed by atoms with Crippen LogP contribution in [0.15, 0.2) is 77.2 Å². The summed E-state index contributed by atoms with van der Waals surface area (Å²) in [6.07, 6.45) is -1.12. The van der Waals surface area contributed by atoms with Gasteiger partial charge in [0.1, 0.15) is 5.58 Å². The smallest absolute Gasteiger partial charge is 0.375 e. The number of anilines is 1. The summed E-state index contributed by atoms with van der Waals surface area (Å²) >= 11 is 0. The lowest BCUT2D eigenvalue weighted by molar-refractivity contribution is -0.125. The van der Waals surface area contributed by atoms with E-state index in [0.717, 1.165) is 16.5 Å². The molecule has 4 aromatic rings. The molecule has 0 bridgehead atoms. The van der Waals surface area contributed by atoms with E-state index >= 15 is 0 Å². The van der Waals surface area contributed by atoms with Crippen LogP contribution >= 0.6 is 0 Å². The number of carbonyl (C=O) groups excluding carboxylic acids is 2. The molecule has 1 heterocycles. The summed E-state index contributed by atoms with van der Waals surface area (Å²) in [6.45, 7) is 5.67. The lowest BCUT2D eigenvalue weighted by Crippen LogP contribution is -2.26. The number of para-hydroxylation sites is 1. The lowest BCUT2D eigenvalue weighted by atomic mass is 10.1. The van der Waals surface area contributed by atoms with Gasteiger partial charge in [-0.3, -0.25) is 4.79 Å². The van der Waals surface area contributed by atoms with Crippen LogP contribution in [-0.4, -0.2) is 11.9 Å². The molecule has 1 N–H and O–H groups in total. The van der Waals surface area contributed by atoms with Crippen molar-refractivity contribution in [3.05, 3.63) is 101 Å². The van der Waals surface area contributed by atoms with Crippen molar-refractivity contribution < 1.29 is 18.7 Å². The molecular weight excluding hydrogens is 390 g/mol. The number of rotatable bonds is 5. The number of carbonyl (C=O) groups is 2. The van der Waals surface area contributed by atoms with Gasteiger partial charge in [0, 0.05) is 22.2 Å². The molecule has 0 aliphatic rings. The maximum atomic E-state index is 13.2. The molecule has 5 nitrogen and oxygen atoms in total. The van der Waals surface area contributed by atoms with Crippen LogP contribution in [0.2, 0.25) is 0 Å². The molecule has 1 aromatic heterocycles. The van der Waals surface area contributed by atoms with Gasteiger partial charge in [0.2, 0.25) is 11.9 Å². The van der Waals surface area contributed by atoms with Gasteiger partial charge in [0.25, 0.3) is 5.91 Å². The van der Waals surface area contributed by atoms with E-state index in [1.807, 2.05) is 56.3 Å². The van der Waals surface area contributed by atoms with Crippen LogP contribution in [0.5, 0.6) is 0 Å². The Labute approximate surface area is 180 Å². The topological polar surface area (TPSA) is 68.5 Å². The third-order valence-corrected chi connectivity index (χ3v) is 5.25. The highest BCUT2D eigenvalue weighted by atomic mass is 16.6. The van der Waals surface area contributed by atoms with Crippen molar-refractivity contribution in [3.8, 4) is 0 Å². The van der Waals surface area contributed by atoms with Gasteiger partial charge in [-0.15, -0.1) is 0 Å². The number of amides is 1. The van der Waals surface area contributed by atoms with Gasteiger partial charge in [-0.1, -0.05) is 60.7 Å². The second kappa shape index (κ2) is 8.48. The summed E-state index contributed by atoms with van der Waals surface area (Å²) in [5.41, 5.74) is 4.48. The summed E-state index contributed by atoms with van der Waals surface area (Å²) in [6, 6.07) is 22.1. The molecule has 0 saturated heterocycles. The van der Waals surface area contributed by atoms with Gasteiger partial charge in [-0.05, 0) is 44.0 Å². The average molecular weight is 413 g/mol. The van der Waals surface area contributed by atoms with Gasteiger partial charge >= 0.3 is 5.97 Å². The van der Waals surface area contributed by atoms with Gasteiger partial charge in [0.15, 0.2) is 0 Å². The highest BCUT2D eigenvalue weighted by Gasteiger charge is 2.29. The minimum Gasteiger partial charge on any atom is -0.449 e. The Balaban J connectivity index is 1.65. The van der Waals surface area contributed by atoms with E-state index in [2.05, 4.69) is 5.32 Å². The van der Waals surface area contributed by atoms with Crippen molar-refractivity contribution in [2.75, 3.05) is 5.32 Å². The van der Waals surface area contributed by atoms with Gasteiger partial charge in [0.05, 0.1) is 0 Å². The van der Waals surface area contributed by atoms with E-state index in [0.29, 0.717) is 22.4 Å². The summed E-state index contributed by atoms with van der Waals surface area (Å²) in [5.74, 6) is -1.01. The second-order valence-electron chi connectivity index (χ2n) is 7.56. The first-order valence-electron chi connectivity index (χ1n) is 10.1. The van der Waals surface area contributed by atoms with Crippen molar-refractivity contribution in [2.45, 2.75) is 26.9 Å². The zero-order valence-corrected chi connectivity index (χ0v) is 17.6. The Morgan fingerprint density at radius 2 is 1.61 bits per heavy atom. The molecule has 1 amide bonds. The number of furan rings is 1. The monoisotopic (exact) mass is 413 g/mol. The summed E-state index contributed by atoms with van der Waals surface area (Å²) < 4.78 is 11.4. The van der Waals surface area contributed by atoms with Crippen LogP contribution < -0.4 is 5.32 Å². The number of fused-ring (bicyclic) bond motifs is 1. The molecule has 4 rings (SSSR count). The Bertz CT molecular complexity index is 1260. The van der Waals surface area contributed by atoms with Crippen LogP contribution in [-0.2, 0) is 9.53 Å². The minimum absolute atomic E-state index is 0.0988. The molecule has 0 saturated carbocycles. The van der Waals surface area contributed by atoms with Gasteiger partial charge in [-0.2, -0.15) is 0 Å². The van der Waals surface area contributed by atoms with Crippen molar-refractivity contribution in [1.82, 2.24) is 0 Å². The molecule has 0 fully saturated rings. The van der Waals surface area contributed by atoms with E-state index in [-0.39, 0.29) is 5.76 Å². The molecule has 0 aliphatic heterocycles. The maximum Gasteiger partial charge on any atom is 0.375 e. The standard InChI is InChI=1S/C26H23NO4/c1-16-13-14-17(2)21(15-16)27-25(28)24(19-9-5-4-6-10-19)31-26(29)23-18(3)20-11-7-8-12-22(20)30-23/h4-15,24H,1-3H3,(H,27,28)/t24-/m0/s1. The predicted octanol–water partition coefficient (Wildman–Crippen LogP) is 5.89. The highest BCUT2D eigenvalue weighted by Crippen LogP contribution is 2.28. The molecule has 0 aliphatic carbocycles. The number of hydrogen-bond donors (Lipinski definition) is 1. The summed E-state index contributed by atoms with van der Waals surface area (Å²) in [5, 5.41) is 3.74. The van der Waals surface area contributed by atoms with Crippen LogP contribution in [0.4, 0.5) is 5.69 Å². The minimum atomic E-state index is -1.12. The number of hydrogen-bond acceptors (Lipinski definition) is 4. The maximum absolute atomic E-state index is 13.2. The van der Waals surface area contributed by atoms with Gasteiger partial charge < -0.3 is 14.5 Å². The molecule has 0 radical (unpaired) electrons. The van der Waals surface area contributed by atoms with Crippen LogP contribution in [0.25, 0.3) is 11.0 Å². The van der Waals surface area contributed by atoms with E-state index in [9.17, 15) is 9.59 Å². The number of nitrogens with one attached hydrogen (secondary N) is 1. The number of ether oxygens (including phenoxy) is 1. The van der Waals surface area contributed by atoms with Crippen molar-refractivity contribution >= 4 is 28.5 Å². The normalized spacial score (nSPS) is 11.8. The third-order valence-electron chi connectivity index (χ3n) is 5.25. The van der Waals surface area contributed by atoms with Crippen LogP contribution in [0.3, 0.4) is 0 Å². The molecule has 0 spiro atoms. The Morgan fingerprint density at radius 1 is 0.903 bits per heavy atom. The quantitative estimate of drug-likeness (QED) is 0.414. The zero-order valence-electron chi connectivity index (χ0n) is 17.6. The van der Waals surface area contributed by atoms with Crippen molar-refractivity contribution in [1.29, 1.82) is 0 Å². The zero-order chi connectivity index (χ0) is 22.0. The molecule has 156 valence electrons. The number of esters is 1. The second-order valence-corrected chi connectivity index (χ2v) is 7.56. The van der Waals surface area contributed by atoms with Gasteiger partial charge in [-0.25, -0.2) is 4.79 Å². The van der Waals surface area contributed by atoms with Crippen molar-refractivity contribution in [2.24, 2.45) is 0 Å². The number of aryl methyl sites for hydroxylation is 3. The molecule has 31 heavy (non-hydrogen) atoms. The fourth-order valence-electron chi connectivity index (χ4n) is 3.50. The molecule has 3 aromatic carbocycles. The predicted molar refractivity (Wildman–Crippen MR) is 120 cm³/mol. The van der Waals surface area contributed by atoms with Crippen molar-refractivity contribution in [3.63, 3.8) is 0 Å². The Morgan fingerprint density at radius 3 is 2.35 bits per heavy atom. The first-order chi connectivity index (χ1) is 14.9. The molecule has 1 atom stereocenters. The van der Waals surface area contributed by atoms with E-state index < -0.39 is 18.0 Å². The van der Waals surface area contributed by atoms with E-state index in [1.165, 1.54) is 0 Å². The molecule has 5 heteroatoms. The largest absolute Gasteiger partial charge is 0.449 e. The molecular formula is C26H23NO4. The SMILES string of the molecule is Cc1ccc(C)c(NC(=O)[C@@H](OC(=O)c2oc3ccccc3c2C)c2ccccc2)c1. The van der Waals surface area contributed by atoms with Crippen LogP contribution in [0, 0.1) is 20.8 Å². The average Bonchev–Trinajstić information content (AvgIpc) is 3.12. The third kappa shape index (κ3) is 4.21. The number of benzene rings is 3. The first kappa shape index (κ1) is 20.4. The highest BCUT2D eigenvalue weighted by molar-refractivity contribution is 6.00. The summed E-state index contributed by atoms with van der Waals surface area (Å²) in [4.78, 5) is 26.2. The fraction of sp³-hybridized carbons (Fsp3) is 0.154. The summed E-state index contributed by atoms with van der Waals surface area (Å²) in [7, 11) is 0. The first-order valence-corrected chi connectivity index (χ1v) is 10.1.